The summed E-state index contributed by atoms with van der Waals surface area (Å²) in [6.07, 6.45) is 1.18. The van der Waals surface area contributed by atoms with Crippen molar-refractivity contribution < 1.29 is 5.11 Å². The van der Waals surface area contributed by atoms with Crippen LogP contribution in [0.5, 0.6) is 0 Å². The highest BCUT2D eigenvalue weighted by molar-refractivity contribution is 5.57. The molecule has 3 atom stereocenters. The molecule has 25 heavy (non-hydrogen) atoms. The van der Waals surface area contributed by atoms with Gasteiger partial charge >= 0.3 is 0 Å². The summed E-state index contributed by atoms with van der Waals surface area (Å²) in [4.78, 5) is 11.9. The van der Waals surface area contributed by atoms with Gasteiger partial charge in [0.05, 0.1) is 12.6 Å². The highest BCUT2D eigenvalue weighted by Gasteiger charge is 2.42. The third-order valence-electron chi connectivity index (χ3n) is 5.30. The van der Waals surface area contributed by atoms with E-state index in [0.29, 0.717) is 12.0 Å². The Morgan fingerprint density at radius 3 is 2.68 bits per heavy atom. The summed E-state index contributed by atoms with van der Waals surface area (Å²) in [5.41, 5.74) is 2.95. The third-order valence-corrected chi connectivity index (χ3v) is 5.30. The van der Waals surface area contributed by atoms with Crippen LogP contribution in [0, 0.1) is 0 Å². The SMILES string of the molecule is CC(C)c1nc(N[C@@H](C)CO)cc(N2C[C@H]3C[C@H]2c2ccccc23)n1. The fourth-order valence-corrected chi connectivity index (χ4v) is 4.03. The molecule has 1 aromatic heterocycles. The van der Waals surface area contributed by atoms with Gasteiger partial charge in [-0.15, -0.1) is 0 Å². The van der Waals surface area contributed by atoms with Crippen molar-refractivity contribution in [2.24, 2.45) is 0 Å². The molecule has 1 aliphatic carbocycles. The van der Waals surface area contributed by atoms with Gasteiger partial charge in [0.15, 0.2) is 0 Å². The number of benzene rings is 1. The fourth-order valence-electron chi connectivity index (χ4n) is 4.03. The molecule has 1 saturated heterocycles. The van der Waals surface area contributed by atoms with E-state index in [4.69, 9.17) is 4.98 Å². The van der Waals surface area contributed by atoms with E-state index in [9.17, 15) is 5.11 Å². The number of nitrogens with zero attached hydrogens (tertiary/aromatic N) is 3. The van der Waals surface area contributed by atoms with Crippen molar-refractivity contribution >= 4 is 11.6 Å². The number of rotatable bonds is 5. The molecule has 0 radical (unpaired) electrons. The van der Waals surface area contributed by atoms with Crippen molar-refractivity contribution in [2.75, 3.05) is 23.4 Å². The van der Waals surface area contributed by atoms with Gasteiger partial charge in [0, 0.05) is 30.5 Å². The van der Waals surface area contributed by atoms with Crippen LogP contribution in [0.3, 0.4) is 0 Å². The smallest absolute Gasteiger partial charge is 0.135 e. The van der Waals surface area contributed by atoms with E-state index in [0.717, 1.165) is 24.0 Å². The van der Waals surface area contributed by atoms with Gasteiger partial charge in [-0.1, -0.05) is 38.1 Å². The molecule has 2 aliphatic rings. The largest absolute Gasteiger partial charge is 0.394 e. The molecule has 5 nitrogen and oxygen atoms in total. The molecule has 4 rings (SSSR count). The van der Waals surface area contributed by atoms with E-state index in [1.807, 2.05) is 13.0 Å². The lowest BCUT2D eigenvalue weighted by atomic mass is 9.99. The van der Waals surface area contributed by atoms with Gasteiger partial charge in [0.2, 0.25) is 0 Å². The number of aliphatic hydroxyl groups excluding tert-OH is 1. The lowest BCUT2D eigenvalue weighted by molar-refractivity contribution is 0.281. The van der Waals surface area contributed by atoms with E-state index >= 15 is 0 Å². The number of hydrogen-bond acceptors (Lipinski definition) is 5. The molecule has 132 valence electrons. The summed E-state index contributed by atoms with van der Waals surface area (Å²) >= 11 is 0. The van der Waals surface area contributed by atoms with Gasteiger partial charge in [-0.3, -0.25) is 0 Å². The van der Waals surface area contributed by atoms with Crippen LogP contribution in [-0.2, 0) is 0 Å². The van der Waals surface area contributed by atoms with Crippen LogP contribution in [0.4, 0.5) is 11.6 Å². The molecule has 2 aromatic rings. The van der Waals surface area contributed by atoms with Crippen LogP contribution in [0.2, 0.25) is 0 Å². The average Bonchev–Trinajstić information content (AvgIpc) is 3.21. The van der Waals surface area contributed by atoms with Crippen molar-refractivity contribution in [1.82, 2.24) is 9.97 Å². The third kappa shape index (κ3) is 2.86. The van der Waals surface area contributed by atoms with Crippen LogP contribution >= 0.6 is 0 Å². The normalized spacial score (nSPS) is 22.4. The van der Waals surface area contributed by atoms with Crippen LogP contribution in [-0.4, -0.2) is 34.3 Å². The summed E-state index contributed by atoms with van der Waals surface area (Å²) in [5, 5.41) is 12.6. The Hall–Kier alpha value is -2.14. The zero-order valence-electron chi connectivity index (χ0n) is 15.1. The van der Waals surface area contributed by atoms with Crippen molar-refractivity contribution in [2.45, 2.75) is 51.1 Å². The molecule has 0 spiro atoms. The molecule has 2 bridgehead atoms. The Bertz CT molecular complexity index is 776. The van der Waals surface area contributed by atoms with Crippen molar-refractivity contribution in [3.05, 3.63) is 47.3 Å². The predicted molar refractivity (Wildman–Crippen MR) is 100 cm³/mol. The monoisotopic (exact) mass is 338 g/mol. The Morgan fingerprint density at radius 2 is 1.96 bits per heavy atom. The number of aromatic nitrogens is 2. The second-order valence-corrected chi connectivity index (χ2v) is 7.58. The minimum Gasteiger partial charge on any atom is -0.394 e. The Labute approximate surface area is 149 Å². The van der Waals surface area contributed by atoms with Crippen LogP contribution in [0.15, 0.2) is 30.3 Å². The van der Waals surface area contributed by atoms with E-state index in [2.05, 4.69) is 53.3 Å². The second-order valence-electron chi connectivity index (χ2n) is 7.58. The van der Waals surface area contributed by atoms with Gasteiger partial charge < -0.3 is 15.3 Å². The maximum Gasteiger partial charge on any atom is 0.135 e. The van der Waals surface area contributed by atoms with E-state index in [-0.39, 0.29) is 18.6 Å². The zero-order valence-corrected chi connectivity index (χ0v) is 15.1. The lowest BCUT2D eigenvalue weighted by Crippen LogP contribution is -2.29. The highest BCUT2D eigenvalue weighted by atomic mass is 16.3. The topological polar surface area (TPSA) is 61.3 Å². The molecule has 5 heteroatoms. The average molecular weight is 338 g/mol. The van der Waals surface area contributed by atoms with Crippen molar-refractivity contribution in [3.63, 3.8) is 0 Å². The standard InChI is InChI=1S/C20H26N4O/c1-12(2)20-22-18(21-13(3)11-25)9-19(23-20)24-10-14-8-17(24)16-7-5-4-6-15(14)16/h4-7,9,12-14,17,25H,8,10-11H2,1-3H3,(H,21,22,23)/t13-,14+,17-/m0/s1. The maximum atomic E-state index is 9.33. The van der Waals surface area contributed by atoms with Crippen LogP contribution in [0.1, 0.15) is 62.0 Å². The molecule has 1 fully saturated rings. The summed E-state index contributed by atoms with van der Waals surface area (Å²) in [6, 6.07) is 11.2. The van der Waals surface area contributed by atoms with Crippen LogP contribution in [0.25, 0.3) is 0 Å². The molecule has 0 unspecified atom stereocenters. The van der Waals surface area contributed by atoms with E-state index < -0.39 is 0 Å². The lowest BCUT2D eigenvalue weighted by Gasteiger charge is -2.30. The molecule has 2 N–H and O–H groups in total. The summed E-state index contributed by atoms with van der Waals surface area (Å²) in [7, 11) is 0. The molecule has 0 amide bonds. The second kappa shape index (κ2) is 6.30. The quantitative estimate of drug-likeness (QED) is 0.874. The first-order valence-corrected chi connectivity index (χ1v) is 9.18. The highest BCUT2D eigenvalue weighted by Crippen LogP contribution is 2.51. The van der Waals surface area contributed by atoms with Gasteiger partial charge in [0.25, 0.3) is 0 Å². The zero-order chi connectivity index (χ0) is 17.6. The number of anilines is 2. The van der Waals surface area contributed by atoms with E-state index in [1.165, 1.54) is 17.5 Å². The molecule has 0 saturated carbocycles. The van der Waals surface area contributed by atoms with E-state index in [1.54, 1.807) is 0 Å². The first-order chi connectivity index (χ1) is 12.1. The molecule has 2 heterocycles. The first-order valence-electron chi connectivity index (χ1n) is 9.18. The summed E-state index contributed by atoms with van der Waals surface area (Å²) in [6.45, 7) is 7.28. The summed E-state index contributed by atoms with van der Waals surface area (Å²) < 4.78 is 0. The van der Waals surface area contributed by atoms with Crippen molar-refractivity contribution in [1.29, 1.82) is 0 Å². The Kier molecular flexibility index (Phi) is 4.12. The minimum absolute atomic E-state index is 0.0292. The van der Waals surface area contributed by atoms with Gasteiger partial charge in [0.1, 0.15) is 17.5 Å². The van der Waals surface area contributed by atoms with Crippen molar-refractivity contribution in [3.8, 4) is 0 Å². The van der Waals surface area contributed by atoms with Crippen LogP contribution < -0.4 is 10.2 Å². The van der Waals surface area contributed by atoms with Gasteiger partial charge in [-0.05, 0) is 24.5 Å². The number of hydrogen-bond donors (Lipinski definition) is 2. The minimum atomic E-state index is -0.0292. The van der Waals surface area contributed by atoms with Gasteiger partial charge in [-0.25, -0.2) is 9.97 Å². The fraction of sp³-hybridized carbons (Fsp3) is 0.500. The Balaban J connectivity index is 1.69. The summed E-state index contributed by atoms with van der Waals surface area (Å²) in [5.74, 6) is 3.50. The molecular formula is C20H26N4O. The number of nitrogens with one attached hydrogen (secondary N) is 1. The van der Waals surface area contributed by atoms with Gasteiger partial charge in [-0.2, -0.15) is 0 Å². The Morgan fingerprint density at radius 1 is 1.20 bits per heavy atom. The molecule has 1 aromatic carbocycles. The molecular weight excluding hydrogens is 312 g/mol. The molecule has 1 aliphatic heterocycles. The number of aliphatic hydroxyl groups is 1. The maximum absolute atomic E-state index is 9.33. The predicted octanol–water partition coefficient (Wildman–Crippen LogP) is 3.44. The first kappa shape index (κ1) is 16.3. The number of fused-ring (bicyclic) bond motifs is 5.